The molecule has 0 bridgehead atoms. The summed E-state index contributed by atoms with van der Waals surface area (Å²) in [4.78, 5) is 3.93. The highest BCUT2D eigenvalue weighted by atomic mass is 35.5. The summed E-state index contributed by atoms with van der Waals surface area (Å²) < 4.78 is 26.9. The molecule has 0 radical (unpaired) electrons. The number of benzene rings is 1. The van der Waals surface area contributed by atoms with E-state index in [1.54, 1.807) is 19.9 Å². The van der Waals surface area contributed by atoms with Gasteiger partial charge in [0, 0.05) is 0 Å². The quantitative estimate of drug-likeness (QED) is 0.852. The van der Waals surface area contributed by atoms with Crippen molar-refractivity contribution >= 4 is 44.3 Å². The van der Waals surface area contributed by atoms with E-state index in [-0.39, 0.29) is 4.21 Å². The lowest BCUT2D eigenvalue weighted by Gasteiger charge is -2.10. The molecule has 1 aromatic heterocycles. The summed E-state index contributed by atoms with van der Waals surface area (Å²) in [5.41, 5.74) is 7.17. The molecule has 5 nitrogen and oxygen atoms in total. The predicted octanol–water partition coefficient (Wildman–Crippen LogP) is 2.80. The summed E-state index contributed by atoms with van der Waals surface area (Å²) in [5.74, 6) is 0. The van der Waals surface area contributed by atoms with Gasteiger partial charge in [-0.2, -0.15) is 0 Å². The summed E-state index contributed by atoms with van der Waals surface area (Å²) in [5, 5.41) is 0.997. The van der Waals surface area contributed by atoms with E-state index < -0.39 is 10.0 Å². The second-order valence-electron chi connectivity index (χ2n) is 3.99. The maximum Gasteiger partial charge on any atom is 0.273 e. The maximum atomic E-state index is 12.1. The molecule has 0 aliphatic heterocycles. The fraction of sp³-hybridized carbons (Fsp3) is 0.182. The van der Waals surface area contributed by atoms with Crippen molar-refractivity contribution in [2.24, 2.45) is 0 Å². The highest BCUT2D eigenvalue weighted by Crippen LogP contribution is 2.29. The molecular formula is C11H12ClN3O2S2. The van der Waals surface area contributed by atoms with Crippen LogP contribution in [0.3, 0.4) is 0 Å². The number of aryl methyl sites for hydroxylation is 2. The molecule has 0 amide bonds. The van der Waals surface area contributed by atoms with Crippen LogP contribution in [-0.2, 0) is 10.0 Å². The number of hydrogen-bond acceptors (Lipinski definition) is 5. The topological polar surface area (TPSA) is 85.1 Å². The lowest BCUT2D eigenvalue weighted by atomic mass is 10.2. The van der Waals surface area contributed by atoms with Gasteiger partial charge in [0.05, 0.1) is 27.6 Å². The van der Waals surface area contributed by atoms with Crippen LogP contribution < -0.4 is 10.5 Å². The summed E-state index contributed by atoms with van der Waals surface area (Å²) in [6, 6.07) is 3.12. The molecule has 0 unspecified atom stereocenters. The van der Waals surface area contributed by atoms with E-state index in [4.69, 9.17) is 17.3 Å². The van der Waals surface area contributed by atoms with Crippen LogP contribution in [0.25, 0.3) is 0 Å². The van der Waals surface area contributed by atoms with Crippen molar-refractivity contribution < 1.29 is 8.42 Å². The smallest absolute Gasteiger partial charge is 0.273 e. The fourth-order valence-electron chi connectivity index (χ4n) is 1.47. The maximum absolute atomic E-state index is 12.1. The number of nitrogens with one attached hydrogen (secondary N) is 1. The third-order valence-electron chi connectivity index (χ3n) is 2.45. The zero-order chi connectivity index (χ0) is 14.2. The van der Waals surface area contributed by atoms with E-state index in [9.17, 15) is 8.42 Å². The van der Waals surface area contributed by atoms with Gasteiger partial charge in [0.25, 0.3) is 10.0 Å². The Kier molecular flexibility index (Phi) is 3.71. The largest absolute Gasteiger partial charge is 0.398 e. The molecule has 0 fully saturated rings. The first-order chi connectivity index (χ1) is 8.79. The van der Waals surface area contributed by atoms with E-state index >= 15 is 0 Å². The second-order valence-corrected chi connectivity index (χ2v) is 7.54. The van der Waals surface area contributed by atoms with Gasteiger partial charge in [-0.25, -0.2) is 13.4 Å². The molecular weight excluding hydrogens is 306 g/mol. The molecule has 0 aliphatic rings. The molecule has 102 valence electrons. The first-order valence-corrected chi connectivity index (χ1v) is 7.98. The number of nitrogens with two attached hydrogens (primary N) is 1. The Morgan fingerprint density at radius 1 is 1.37 bits per heavy atom. The van der Waals surface area contributed by atoms with Crippen molar-refractivity contribution in [2.45, 2.75) is 18.1 Å². The van der Waals surface area contributed by atoms with Gasteiger partial charge in [-0.15, -0.1) is 11.3 Å². The number of nitrogens with zero attached hydrogens (tertiary/aromatic N) is 1. The number of sulfonamides is 1. The summed E-state index contributed by atoms with van der Waals surface area (Å²) in [6.07, 6.45) is 1.33. The number of anilines is 2. The van der Waals surface area contributed by atoms with Gasteiger partial charge in [-0.3, -0.25) is 4.72 Å². The Labute approximate surface area is 120 Å². The van der Waals surface area contributed by atoms with Crippen molar-refractivity contribution in [1.29, 1.82) is 0 Å². The number of thiazole rings is 1. The minimum atomic E-state index is -3.64. The number of rotatable bonds is 3. The zero-order valence-corrected chi connectivity index (χ0v) is 12.7. The lowest BCUT2D eigenvalue weighted by molar-refractivity contribution is 0.603. The van der Waals surface area contributed by atoms with Crippen LogP contribution in [0.5, 0.6) is 0 Å². The zero-order valence-electron chi connectivity index (χ0n) is 10.3. The molecule has 0 saturated heterocycles. The third-order valence-corrected chi connectivity index (χ3v) is 5.52. The Morgan fingerprint density at radius 3 is 2.63 bits per heavy atom. The van der Waals surface area contributed by atoms with Gasteiger partial charge in [0.15, 0.2) is 4.21 Å². The first kappa shape index (κ1) is 14.1. The van der Waals surface area contributed by atoms with Crippen LogP contribution >= 0.6 is 22.9 Å². The van der Waals surface area contributed by atoms with E-state index in [2.05, 4.69) is 9.71 Å². The number of hydrogen-bond donors (Lipinski definition) is 2. The summed E-state index contributed by atoms with van der Waals surface area (Å²) in [7, 11) is -3.64. The molecule has 0 saturated carbocycles. The van der Waals surface area contributed by atoms with E-state index in [1.165, 1.54) is 12.3 Å². The van der Waals surface area contributed by atoms with Crippen LogP contribution in [0.4, 0.5) is 11.4 Å². The summed E-state index contributed by atoms with van der Waals surface area (Å²) >= 11 is 7.00. The van der Waals surface area contributed by atoms with Gasteiger partial charge in [0.1, 0.15) is 0 Å². The molecule has 2 rings (SSSR count). The van der Waals surface area contributed by atoms with Gasteiger partial charge in [0.2, 0.25) is 0 Å². The standard InChI is InChI=1S/C11H12ClN3O2S2/c1-6-3-9(13)8(12)4-10(6)15-19(16,17)11-5-14-7(2)18-11/h3-5,15H,13H2,1-2H3. The van der Waals surface area contributed by atoms with Crippen LogP contribution in [0.15, 0.2) is 22.5 Å². The summed E-state index contributed by atoms with van der Waals surface area (Å²) in [6.45, 7) is 3.50. The van der Waals surface area contributed by atoms with Crippen LogP contribution in [0.1, 0.15) is 10.6 Å². The van der Waals surface area contributed by atoms with Gasteiger partial charge >= 0.3 is 0 Å². The molecule has 0 aliphatic carbocycles. The van der Waals surface area contributed by atoms with Crippen molar-refractivity contribution in [3.05, 3.63) is 33.9 Å². The highest BCUT2D eigenvalue weighted by Gasteiger charge is 2.18. The van der Waals surface area contributed by atoms with E-state index in [0.29, 0.717) is 27.0 Å². The van der Waals surface area contributed by atoms with E-state index in [0.717, 1.165) is 11.3 Å². The third kappa shape index (κ3) is 2.99. The van der Waals surface area contributed by atoms with Gasteiger partial charge in [-0.05, 0) is 31.5 Å². The normalized spacial score (nSPS) is 11.5. The molecule has 1 heterocycles. The van der Waals surface area contributed by atoms with Crippen LogP contribution in [0.2, 0.25) is 5.02 Å². The van der Waals surface area contributed by atoms with Crippen molar-refractivity contribution in [2.75, 3.05) is 10.5 Å². The molecule has 1 aromatic carbocycles. The number of nitrogen functional groups attached to an aromatic ring is 1. The average molecular weight is 318 g/mol. The Balaban J connectivity index is 2.38. The number of halogens is 1. The van der Waals surface area contributed by atoms with Crippen molar-refractivity contribution in [3.8, 4) is 0 Å². The average Bonchev–Trinajstić information content (AvgIpc) is 2.73. The Bertz CT molecular complexity index is 726. The minimum absolute atomic E-state index is 0.164. The highest BCUT2D eigenvalue weighted by molar-refractivity contribution is 7.94. The Morgan fingerprint density at radius 2 is 2.05 bits per heavy atom. The monoisotopic (exact) mass is 317 g/mol. The molecule has 19 heavy (non-hydrogen) atoms. The minimum Gasteiger partial charge on any atom is -0.398 e. The molecule has 8 heteroatoms. The second kappa shape index (κ2) is 4.99. The fourth-order valence-corrected chi connectivity index (χ4v) is 3.87. The predicted molar refractivity (Wildman–Crippen MR) is 78.3 cm³/mol. The molecule has 2 aromatic rings. The first-order valence-electron chi connectivity index (χ1n) is 5.30. The number of aromatic nitrogens is 1. The molecule has 0 atom stereocenters. The van der Waals surface area contributed by atoms with Crippen LogP contribution in [-0.4, -0.2) is 13.4 Å². The van der Waals surface area contributed by atoms with Crippen LogP contribution in [0, 0.1) is 13.8 Å². The Hall–Kier alpha value is -1.31. The van der Waals surface area contributed by atoms with Gasteiger partial charge < -0.3 is 5.73 Å². The molecule has 3 N–H and O–H groups in total. The van der Waals surface area contributed by atoms with E-state index in [1.807, 2.05) is 0 Å². The lowest BCUT2D eigenvalue weighted by Crippen LogP contribution is -2.12. The van der Waals surface area contributed by atoms with Crippen molar-refractivity contribution in [3.63, 3.8) is 0 Å². The van der Waals surface area contributed by atoms with Gasteiger partial charge in [-0.1, -0.05) is 11.6 Å². The SMILES string of the molecule is Cc1ncc(S(=O)(=O)Nc2cc(Cl)c(N)cc2C)s1. The van der Waals surface area contributed by atoms with Crippen molar-refractivity contribution in [1.82, 2.24) is 4.98 Å². The molecule has 0 spiro atoms.